The van der Waals surface area contributed by atoms with Gasteiger partial charge >= 0.3 is 0 Å². The van der Waals surface area contributed by atoms with Gasteiger partial charge in [-0.1, -0.05) is 48.5 Å². The molecule has 0 aromatic heterocycles. The molecule has 0 bridgehead atoms. The van der Waals surface area contributed by atoms with Gasteiger partial charge in [0.2, 0.25) is 0 Å². The molecule has 2 aromatic rings. The average molecular weight is 294 g/mol. The van der Waals surface area contributed by atoms with Crippen molar-refractivity contribution >= 4 is 0 Å². The predicted molar refractivity (Wildman–Crippen MR) is 92.9 cm³/mol. The Morgan fingerprint density at radius 2 is 0.955 bits per heavy atom. The van der Waals surface area contributed by atoms with Crippen molar-refractivity contribution < 1.29 is 0 Å². The second-order valence-electron chi connectivity index (χ2n) is 6.10. The summed E-state index contributed by atoms with van der Waals surface area (Å²) in [7, 11) is 0. The van der Waals surface area contributed by atoms with Crippen LogP contribution in [0.3, 0.4) is 0 Å². The Kier molecular flexibility index (Phi) is 5.63. The van der Waals surface area contributed by atoms with Gasteiger partial charge in [-0.2, -0.15) is 0 Å². The fourth-order valence-corrected chi connectivity index (χ4v) is 3.20. The first-order valence-corrected chi connectivity index (χ1v) is 8.48. The van der Waals surface area contributed by atoms with E-state index in [1.54, 1.807) is 0 Å². The van der Waals surface area contributed by atoms with Crippen molar-refractivity contribution in [3.05, 3.63) is 70.8 Å². The van der Waals surface area contributed by atoms with Crippen LogP contribution in [0.15, 0.2) is 48.5 Å². The third kappa shape index (κ3) is 4.19. The van der Waals surface area contributed by atoms with E-state index in [0.29, 0.717) is 0 Å². The Hall–Kier alpha value is -1.64. The molecule has 0 atom stereocenters. The van der Waals surface area contributed by atoms with Crippen LogP contribution >= 0.6 is 0 Å². The topological polar surface area (TPSA) is 24.1 Å². The molecule has 2 aromatic carbocycles. The van der Waals surface area contributed by atoms with Gasteiger partial charge < -0.3 is 10.6 Å². The first-order valence-electron chi connectivity index (χ1n) is 8.48. The van der Waals surface area contributed by atoms with Crippen LogP contribution in [0.25, 0.3) is 0 Å². The molecule has 1 heterocycles. The van der Waals surface area contributed by atoms with Crippen LogP contribution in [0.5, 0.6) is 0 Å². The molecule has 0 aliphatic carbocycles. The molecule has 0 spiro atoms. The molecule has 22 heavy (non-hydrogen) atoms. The lowest BCUT2D eigenvalue weighted by atomic mass is 10.0. The third-order valence-electron chi connectivity index (χ3n) is 4.47. The van der Waals surface area contributed by atoms with E-state index in [0.717, 1.165) is 39.0 Å². The van der Waals surface area contributed by atoms with Gasteiger partial charge in [-0.25, -0.2) is 0 Å². The zero-order valence-corrected chi connectivity index (χ0v) is 13.3. The summed E-state index contributed by atoms with van der Waals surface area (Å²) in [5, 5.41) is 7.22. The van der Waals surface area contributed by atoms with Crippen LogP contribution in [0.2, 0.25) is 0 Å². The summed E-state index contributed by atoms with van der Waals surface area (Å²) in [6.07, 6.45) is 4.71. The van der Waals surface area contributed by atoms with E-state index >= 15 is 0 Å². The zero-order chi connectivity index (χ0) is 15.0. The Bertz CT molecular complexity index is 488. The van der Waals surface area contributed by atoms with Crippen LogP contribution in [0, 0.1) is 0 Å². The molecular weight excluding hydrogens is 268 g/mol. The zero-order valence-electron chi connectivity index (χ0n) is 13.3. The molecule has 0 amide bonds. The number of fused-ring (bicyclic) bond motifs is 2. The minimum absolute atomic E-state index is 0.991. The number of hydrogen-bond donors (Lipinski definition) is 2. The van der Waals surface area contributed by atoms with Crippen molar-refractivity contribution in [2.45, 2.75) is 38.8 Å². The standard InChI is InChI=1S/C20H26N2/c1-3-9-19-15-21-14-6-12-18-8-2-4-10-20(18)16-22-13-5-11-17(19)7-1/h1-4,7-10,21-22H,5-6,11-16H2. The fraction of sp³-hybridized carbons (Fsp3) is 0.400. The van der Waals surface area contributed by atoms with Gasteiger partial charge in [-0.15, -0.1) is 0 Å². The highest BCUT2D eigenvalue weighted by Crippen LogP contribution is 2.13. The Balaban J connectivity index is 1.67. The van der Waals surface area contributed by atoms with Crippen molar-refractivity contribution in [3.8, 4) is 0 Å². The van der Waals surface area contributed by atoms with Gasteiger partial charge in [0.25, 0.3) is 0 Å². The van der Waals surface area contributed by atoms with Crippen molar-refractivity contribution in [3.63, 3.8) is 0 Å². The molecule has 0 saturated carbocycles. The van der Waals surface area contributed by atoms with Gasteiger partial charge in [-0.05, 0) is 61.0 Å². The van der Waals surface area contributed by atoms with Crippen molar-refractivity contribution in [2.24, 2.45) is 0 Å². The van der Waals surface area contributed by atoms with Gasteiger partial charge in [0.05, 0.1) is 0 Å². The van der Waals surface area contributed by atoms with Crippen molar-refractivity contribution in [1.82, 2.24) is 10.6 Å². The monoisotopic (exact) mass is 294 g/mol. The van der Waals surface area contributed by atoms with Crippen LogP contribution in [0.1, 0.15) is 35.1 Å². The average Bonchev–Trinajstić information content (AvgIpc) is 2.56. The first kappa shape index (κ1) is 15.3. The van der Waals surface area contributed by atoms with E-state index in [9.17, 15) is 0 Å². The fourth-order valence-electron chi connectivity index (χ4n) is 3.20. The maximum absolute atomic E-state index is 3.61. The highest BCUT2D eigenvalue weighted by molar-refractivity contribution is 5.28. The van der Waals surface area contributed by atoms with Gasteiger partial charge in [0.1, 0.15) is 0 Å². The Morgan fingerprint density at radius 1 is 0.545 bits per heavy atom. The number of hydrogen-bond acceptors (Lipinski definition) is 2. The molecule has 0 unspecified atom stereocenters. The summed E-state index contributed by atoms with van der Waals surface area (Å²) in [5.41, 5.74) is 5.91. The maximum Gasteiger partial charge on any atom is 0.0208 e. The van der Waals surface area contributed by atoms with Gasteiger partial charge in [0, 0.05) is 13.1 Å². The molecule has 2 N–H and O–H groups in total. The summed E-state index contributed by atoms with van der Waals surface area (Å²) in [5.74, 6) is 0. The SMILES string of the molecule is c1ccc2c(c1)CCCNCc1ccccc1CCCNC2. The lowest BCUT2D eigenvalue weighted by molar-refractivity contribution is 0.617. The smallest absolute Gasteiger partial charge is 0.0208 e. The Morgan fingerprint density at radius 3 is 1.41 bits per heavy atom. The lowest BCUT2D eigenvalue weighted by Gasteiger charge is -2.14. The van der Waals surface area contributed by atoms with E-state index < -0.39 is 0 Å². The highest BCUT2D eigenvalue weighted by Gasteiger charge is 2.05. The maximum atomic E-state index is 3.61. The molecule has 0 saturated heterocycles. The minimum atomic E-state index is 0.991. The van der Waals surface area contributed by atoms with Crippen molar-refractivity contribution in [2.75, 3.05) is 13.1 Å². The number of rotatable bonds is 0. The lowest BCUT2D eigenvalue weighted by Crippen LogP contribution is -2.20. The van der Waals surface area contributed by atoms with E-state index in [4.69, 9.17) is 0 Å². The number of nitrogens with one attached hydrogen (secondary N) is 2. The van der Waals surface area contributed by atoms with Crippen LogP contribution < -0.4 is 10.6 Å². The summed E-state index contributed by atoms with van der Waals surface area (Å²) < 4.78 is 0. The summed E-state index contributed by atoms with van der Waals surface area (Å²) in [6, 6.07) is 17.7. The van der Waals surface area contributed by atoms with E-state index in [1.807, 2.05) is 0 Å². The predicted octanol–water partition coefficient (Wildman–Crippen LogP) is 3.44. The molecule has 3 rings (SSSR count). The van der Waals surface area contributed by atoms with Crippen LogP contribution in [-0.4, -0.2) is 13.1 Å². The second kappa shape index (κ2) is 8.11. The normalized spacial score (nSPS) is 17.1. The molecule has 2 heteroatoms. The minimum Gasteiger partial charge on any atom is -0.313 e. The van der Waals surface area contributed by atoms with Gasteiger partial charge in [-0.3, -0.25) is 0 Å². The van der Waals surface area contributed by atoms with Crippen molar-refractivity contribution in [1.29, 1.82) is 0 Å². The molecular formula is C20H26N2. The number of aryl methyl sites for hydroxylation is 2. The number of benzene rings is 2. The molecule has 116 valence electrons. The quantitative estimate of drug-likeness (QED) is 0.778. The molecule has 1 aliphatic rings. The summed E-state index contributed by atoms with van der Waals surface area (Å²) >= 11 is 0. The first-order chi connectivity index (χ1) is 10.9. The Labute approximate surface area is 134 Å². The van der Waals surface area contributed by atoms with Crippen LogP contribution in [0.4, 0.5) is 0 Å². The summed E-state index contributed by atoms with van der Waals surface area (Å²) in [6.45, 7) is 4.14. The van der Waals surface area contributed by atoms with E-state index in [2.05, 4.69) is 59.2 Å². The van der Waals surface area contributed by atoms with E-state index in [1.165, 1.54) is 35.1 Å². The highest BCUT2D eigenvalue weighted by atomic mass is 14.9. The second-order valence-corrected chi connectivity index (χ2v) is 6.10. The van der Waals surface area contributed by atoms with Gasteiger partial charge in [0.15, 0.2) is 0 Å². The molecule has 1 aliphatic heterocycles. The largest absolute Gasteiger partial charge is 0.313 e. The van der Waals surface area contributed by atoms with Crippen LogP contribution in [-0.2, 0) is 25.9 Å². The van der Waals surface area contributed by atoms with E-state index in [-0.39, 0.29) is 0 Å². The third-order valence-corrected chi connectivity index (χ3v) is 4.47. The molecule has 2 nitrogen and oxygen atoms in total. The summed E-state index contributed by atoms with van der Waals surface area (Å²) in [4.78, 5) is 0. The molecule has 0 fully saturated rings. The molecule has 0 radical (unpaired) electrons.